The van der Waals surface area contributed by atoms with Crippen molar-refractivity contribution in [2.75, 3.05) is 6.54 Å². The first-order chi connectivity index (χ1) is 5.88. The average Bonchev–Trinajstić information content (AvgIpc) is 2.47. The molecule has 2 N–H and O–H groups in total. The average molecular weight is 189 g/mol. The summed E-state index contributed by atoms with van der Waals surface area (Å²) in [7, 11) is 0. The molecule has 2 saturated carbocycles. The predicted molar refractivity (Wildman–Crippen MR) is 47.5 cm³/mol. The molecule has 2 fully saturated rings. The quantitative estimate of drug-likeness (QED) is 0.708. The maximum absolute atomic E-state index is 12.6. The summed E-state index contributed by atoms with van der Waals surface area (Å²) < 4.78 is 25.3. The van der Waals surface area contributed by atoms with Crippen molar-refractivity contribution in [1.29, 1.82) is 0 Å². The Labute approximate surface area is 77.7 Å². The van der Waals surface area contributed by atoms with Gasteiger partial charge in [0.1, 0.15) is 0 Å². The van der Waals surface area contributed by atoms with Gasteiger partial charge < -0.3 is 5.73 Å². The van der Waals surface area contributed by atoms with Gasteiger partial charge in [0.15, 0.2) is 0 Å². The summed E-state index contributed by atoms with van der Waals surface area (Å²) in [5.41, 5.74) is 5.81. The molecule has 2 aliphatic carbocycles. The van der Waals surface area contributed by atoms with E-state index < -0.39 is 5.92 Å². The smallest absolute Gasteiger partial charge is 0.248 e. The molecule has 0 aromatic carbocycles. The highest BCUT2D eigenvalue weighted by Gasteiger charge is 2.64. The van der Waals surface area contributed by atoms with E-state index in [9.17, 15) is 8.78 Å². The highest BCUT2D eigenvalue weighted by atomic mass is 19.3. The van der Waals surface area contributed by atoms with Crippen LogP contribution in [0, 0.1) is 23.2 Å². The van der Waals surface area contributed by atoms with Gasteiger partial charge in [0.25, 0.3) is 0 Å². The summed E-state index contributed by atoms with van der Waals surface area (Å²) in [6.45, 7) is 4.94. The van der Waals surface area contributed by atoms with Crippen molar-refractivity contribution in [2.24, 2.45) is 28.9 Å². The molecule has 2 unspecified atom stereocenters. The summed E-state index contributed by atoms with van der Waals surface area (Å²) in [5, 5.41) is 0. The molecule has 2 atom stereocenters. The maximum Gasteiger partial charge on any atom is 0.248 e. The van der Waals surface area contributed by atoms with Crippen molar-refractivity contribution < 1.29 is 8.78 Å². The van der Waals surface area contributed by atoms with Crippen LogP contribution in [-0.2, 0) is 0 Å². The van der Waals surface area contributed by atoms with Crippen LogP contribution in [0.2, 0.25) is 0 Å². The largest absolute Gasteiger partial charge is 0.330 e. The van der Waals surface area contributed by atoms with E-state index in [1.54, 1.807) is 0 Å². The van der Waals surface area contributed by atoms with Crippen molar-refractivity contribution >= 4 is 0 Å². The number of rotatable bonds is 2. The molecule has 0 aromatic rings. The highest BCUT2D eigenvalue weighted by molar-refractivity contribution is 5.11. The van der Waals surface area contributed by atoms with Crippen LogP contribution in [0.25, 0.3) is 0 Å². The Kier molecular flexibility index (Phi) is 1.76. The Morgan fingerprint density at radius 3 is 2.15 bits per heavy atom. The first-order valence-electron chi connectivity index (χ1n) is 4.96. The van der Waals surface area contributed by atoms with Crippen LogP contribution in [0.15, 0.2) is 0 Å². The van der Waals surface area contributed by atoms with Gasteiger partial charge in [-0.25, -0.2) is 8.78 Å². The lowest BCUT2D eigenvalue weighted by molar-refractivity contribution is -0.119. The Hall–Kier alpha value is -0.180. The van der Waals surface area contributed by atoms with E-state index in [-0.39, 0.29) is 24.2 Å². The predicted octanol–water partition coefficient (Wildman–Crippen LogP) is 2.26. The number of nitrogens with two attached hydrogens (primary N) is 1. The van der Waals surface area contributed by atoms with E-state index in [0.717, 1.165) is 0 Å². The fraction of sp³-hybridized carbons (Fsp3) is 1.00. The normalized spacial score (nSPS) is 41.3. The summed E-state index contributed by atoms with van der Waals surface area (Å²) in [4.78, 5) is 0. The van der Waals surface area contributed by atoms with Gasteiger partial charge in [-0.3, -0.25) is 0 Å². The van der Waals surface area contributed by atoms with E-state index in [2.05, 4.69) is 13.8 Å². The van der Waals surface area contributed by atoms with Gasteiger partial charge in [0, 0.05) is 12.8 Å². The minimum Gasteiger partial charge on any atom is -0.330 e. The molecule has 13 heavy (non-hydrogen) atoms. The van der Waals surface area contributed by atoms with Gasteiger partial charge in [-0.05, 0) is 29.7 Å². The third kappa shape index (κ3) is 1.28. The molecular formula is C10H17F2N. The van der Waals surface area contributed by atoms with Gasteiger partial charge in [-0.2, -0.15) is 0 Å². The molecule has 0 radical (unpaired) electrons. The van der Waals surface area contributed by atoms with E-state index >= 15 is 0 Å². The van der Waals surface area contributed by atoms with Gasteiger partial charge in [-0.1, -0.05) is 13.8 Å². The van der Waals surface area contributed by atoms with Crippen LogP contribution >= 0.6 is 0 Å². The van der Waals surface area contributed by atoms with Crippen molar-refractivity contribution in [2.45, 2.75) is 32.6 Å². The van der Waals surface area contributed by atoms with Crippen LogP contribution in [0.3, 0.4) is 0 Å². The molecule has 0 aromatic heterocycles. The number of halogens is 2. The second kappa shape index (κ2) is 2.44. The number of hydrogen-bond acceptors (Lipinski definition) is 1. The molecule has 0 aliphatic heterocycles. The van der Waals surface area contributed by atoms with Crippen LogP contribution in [0.4, 0.5) is 8.78 Å². The van der Waals surface area contributed by atoms with Crippen molar-refractivity contribution in [1.82, 2.24) is 0 Å². The zero-order valence-electron chi connectivity index (χ0n) is 8.19. The van der Waals surface area contributed by atoms with Crippen molar-refractivity contribution in [3.8, 4) is 0 Å². The number of alkyl halides is 2. The Balaban J connectivity index is 1.92. The topological polar surface area (TPSA) is 26.0 Å². The molecule has 1 nitrogen and oxygen atoms in total. The zero-order chi connectivity index (χ0) is 9.85. The molecule has 0 bridgehead atoms. The molecular weight excluding hydrogens is 172 g/mol. The third-order valence-electron chi connectivity index (χ3n) is 4.02. The third-order valence-corrected chi connectivity index (χ3v) is 4.02. The Morgan fingerprint density at radius 2 is 1.85 bits per heavy atom. The van der Waals surface area contributed by atoms with E-state index in [0.29, 0.717) is 18.4 Å². The second-order valence-corrected chi connectivity index (χ2v) is 5.21. The van der Waals surface area contributed by atoms with Crippen LogP contribution in [0.1, 0.15) is 26.7 Å². The summed E-state index contributed by atoms with van der Waals surface area (Å²) in [6, 6.07) is 0. The molecule has 0 amide bonds. The molecule has 2 aliphatic rings. The summed E-state index contributed by atoms with van der Waals surface area (Å²) in [5.74, 6) is -1.20. The molecule has 2 rings (SSSR count). The maximum atomic E-state index is 12.6. The molecule has 3 heteroatoms. The lowest BCUT2D eigenvalue weighted by Gasteiger charge is -2.36. The molecule has 76 valence electrons. The Morgan fingerprint density at radius 1 is 1.31 bits per heavy atom. The minimum atomic E-state index is -2.37. The van der Waals surface area contributed by atoms with Crippen molar-refractivity contribution in [3.05, 3.63) is 0 Å². The molecule has 0 heterocycles. The fourth-order valence-electron chi connectivity index (χ4n) is 3.13. The van der Waals surface area contributed by atoms with Gasteiger partial charge in [-0.15, -0.1) is 0 Å². The monoisotopic (exact) mass is 189 g/mol. The second-order valence-electron chi connectivity index (χ2n) is 5.21. The minimum absolute atomic E-state index is 0.0948. The fourth-order valence-corrected chi connectivity index (χ4v) is 3.13. The summed E-state index contributed by atoms with van der Waals surface area (Å²) in [6.07, 6.45) is 0.190. The first kappa shape index (κ1) is 9.38. The van der Waals surface area contributed by atoms with Crippen LogP contribution in [-0.4, -0.2) is 12.5 Å². The van der Waals surface area contributed by atoms with Crippen molar-refractivity contribution in [3.63, 3.8) is 0 Å². The highest BCUT2D eigenvalue weighted by Crippen LogP contribution is 2.66. The molecule has 0 spiro atoms. The van der Waals surface area contributed by atoms with Gasteiger partial charge >= 0.3 is 0 Å². The number of hydrogen-bond donors (Lipinski definition) is 1. The standard InChI is InChI=1S/C10H17F2N/c1-9(2)7(5-13)8(9)6-3-10(11,12)4-6/h6-8H,3-5,13H2,1-2H3. The van der Waals surface area contributed by atoms with Gasteiger partial charge in [0.2, 0.25) is 5.92 Å². The van der Waals surface area contributed by atoms with E-state index in [1.165, 1.54) is 0 Å². The van der Waals surface area contributed by atoms with Crippen LogP contribution < -0.4 is 5.73 Å². The van der Waals surface area contributed by atoms with Gasteiger partial charge in [0.05, 0.1) is 0 Å². The van der Waals surface area contributed by atoms with E-state index in [4.69, 9.17) is 5.73 Å². The van der Waals surface area contributed by atoms with E-state index in [1.807, 2.05) is 0 Å². The molecule has 0 saturated heterocycles. The Bertz CT molecular complexity index is 217. The summed E-state index contributed by atoms with van der Waals surface area (Å²) >= 11 is 0. The first-order valence-corrected chi connectivity index (χ1v) is 4.96. The van der Waals surface area contributed by atoms with Crippen LogP contribution in [0.5, 0.6) is 0 Å². The zero-order valence-corrected chi connectivity index (χ0v) is 8.19. The lowest BCUT2D eigenvalue weighted by Crippen LogP contribution is -2.37. The lowest BCUT2D eigenvalue weighted by atomic mass is 9.76. The SMILES string of the molecule is CC1(C)C(CN)C1C1CC(F)(F)C1.